The summed E-state index contributed by atoms with van der Waals surface area (Å²) in [4.78, 5) is 8.26. The highest BCUT2D eigenvalue weighted by molar-refractivity contribution is 9.10. The Morgan fingerprint density at radius 3 is 2.81 bits per heavy atom. The van der Waals surface area contributed by atoms with Gasteiger partial charge in [-0.05, 0) is 28.3 Å². The molecule has 1 aliphatic rings. The molecule has 0 radical (unpaired) electrons. The first kappa shape index (κ1) is 14.7. The van der Waals surface area contributed by atoms with Crippen molar-refractivity contribution in [2.24, 2.45) is 5.92 Å². The SMILES string of the molecule is C[C@H]1C[C@H](n2cc(Br)c3c(N)ncnc32)OC1(CO)CO. The van der Waals surface area contributed by atoms with Gasteiger partial charge in [0.25, 0.3) is 0 Å². The summed E-state index contributed by atoms with van der Waals surface area (Å²) in [6, 6.07) is 0. The smallest absolute Gasteiger partial charge is 0.148 e. The molecule has 1 aliphatic heterocycles. The zero-order valence-electron chi connectivity index (χ0n) is 11.5. The van der Waals surface area contributed by atoms with Gasteiger partial charge in [0, 0.05) is 10.7 Å². The van der Waals surface area contributed by atoms with Gasteiger partial charge >= 0.3 is 0 Å². The number of rotatable bonds is 3. The van der Waals surface area contributed by atoms with E-state index in [0.717, 1.165) is 9.86 Å². The van der Waals surface area contributed by atoms with Gasteiger partial charge in [0.2, 0.25) is 0 Å². The number of hydrogen-bond donors (Lipinski definition) is 3. The minimum Gasteiger partial charge on any atom is -0.393 e. The molecule has 0 aromatic carbocycles. The Balaban J connectivity index is 2.05. The Morgan fingerprint density at radius 1 is 1.48 bits per heavy atom. The van der Waals surface area contributed by atoms with Crippen LogP contribution in [0.3, 0.4) is 0 Å². The lowest BCUT2D eigenvalue weighted by Gasteiger charge is -2.28. The molecule has 21 heavy (non-hydrogen) atoms. The maximum absolute atomic E-state index is 9.57. The molecule has 4 N–H and O–H groups in total. The second-order valence-electron chi connectivity index (χ2n) is 5.43. The van der Waals surface area contributed by atoms with Gasteiger partial charge in [-0.1, -0.05) is 6.92 Å². The molecule has 2 aromatic heterocycles. The highest BCUT2D eigenvalue weighted by atomic mass is 79.9. The summed E-state index contributed by atoms with van der Waals surface area (Å²) < 4.78 is 8.60. The molecule has 0 bridgehead atoms. The van der Waals surface area contributed by atoms with E-state index in [2.05, 4.69) is 25.9 Å². The van der Waals surface area contributed by atoms with Crippen LogP contribution in [0.2, 0.25) is 0 Å². The van der Waals surface area contributed by atoms with Gasteiger partial charge in [-0.3, -0.25) is 0 Å². The van der Waals surface area contributed by atoms with Crippen LogP contribution in [0.1, 0.15) is 19.6 Å². The Kier molecular flexibility index (Phi) is 3.64. The number of hydrogen-bond acceptors (Lipinski definition) is 6. The van der Waals surface area contributed by atoms with Crippen molar-refractivity contribution in [2.45, 2.75) is 25.2 Å². The molecule has 0 saturated carbocycles. The Labute approximate surface area is 129 Å². The summed E-state index contributed by atoms with van der Waals surface area (Å²) in [7, 11) is 0. The van der Waals surface area contributed by atoms with E-state index in [4.69, 9.17) is 10.5 Å². The molecular formula is C13H17BrN4O3. The molecular weight excluding hydrogens is 340 g/mol. The average molecular weight is 357 g/mol. The molecule has 3 rings (SSSR count). The van der Waals surface area contributed by atoms with E-state index in [1.807, 2.05) is 17.7 Å². The zero-order valence-corrected chi connectivity index (χ0v) is 13.1. The summed E-state index contributed by atoms with van der Waals surface area (Å²) in [6.45, 7) is 1.51. The minimum absolute atomic E-state index is 0.0212. The van der Waals surface area contributed by atoms with Gasteiger partial charge in [-0.2, -0.15) is 0 Å². The molecule has 1 fully saturated rings. The number of nitrogen functional groups attached to an aromatic ring is 1. The number of aliphatic hydroxyl groups is 2. The molecule has 0 aliphatic carbocycles. The lowest BCUT2D eigenvalue weighted by molar-refractivity contribution is -0.132. The molecule has 2 atom stereocenters. The van der Waals surface area contributed by atoms with Gasteiger partial charge in [0.15, 0.2) is 0 Å². The van der Waals surface area contributed by atoms with Gasteiger partial charge in [-0.15, -0.1) is 0 Å². The Morgan fingerprint density at radius 2 is 2.19 bits per heavy atom. The van der Waals surface area contributed by atoms with Crippen molar-refractivity contribution in [3.8, 4) is 0 Å². The third kappa shape index (κ3) is 2.13. The molecule has 2 aromatic rings. The maximum atomic E-state index is 9.57. The lowest BCUT2D eigenvalue weighted by atomic mass is 9.90. The van der Waals surface area contributed by atoms with Crippen LogP contribution in [0.5, 0.6) is 0 Å². The Bertz CT molecular complexity index is 671. The van der Waals surface area contributed by atoms with Gasteiger partial charge in [0.05, 0.1) is 18.6 Å². The van der Waals surface area contributed by atoms with Gasteiger partial charge < -0.3 is 25.3 Å². The fourth-order valence-electron chi connectivity index (χ4n) is 2.84. The van der Waals surface area contributed by atoms with Crippen molar-refractivity contribution >= 4 is 32.8 Å². The number of halogens is 1. The number of nitrogens with two attached hydrogens (primary N) is 1. The van der Waals surface area contributed by atoms with E-state index in [1.165, 1.54) is 6.33 Å². The third-order valence-electron chi connectivity index (χ3n) is 4.26. The van der Waals surface area contributed by atoms with Crippen LogP contribution in [-0.2, 0) is 4.74 Å². The van der Waals surface area contributed by atoms with Crippen molar-refractivity contribution in [3.63, 3.8) is 0 Å². The average Bonchev–Trinajstić information content (AvgIpc) is 2.98. The van der Waals surface area contributed by atoms with E-state index in [0.29, 0.717) is 17.9 Å². The van der Waals surface area contributed by atoms with Crippen molar-refractivity contribution in [1.82, 2.24) is 14.5 Å². The molecule has 0 spiro atoms. The molecule has 1 saturated heterocycles. The number of aromatic nitrogens is 3. The van der Waals surface area contributed by atoms with Gasteiger partial charge in [-0.25, -0.2) is 9.97 Å². The highest BCUT2D eigenvalue weighted by Gasteiger charge is 2.46. The molecule has 0 amide bonds. The number of aliphatic hydroxyl groups excluding tert-OH is 2. The summed E-state index contributed by atoms with van der Waals surface area (Å²) in [5, 5.41) is 19.9. The van der Waals surface area contributed by atoms with Crippen LogP contribution in [0.4, 0.5) is 5.82 Å². The predicted octanol–water partition coefficient (Wildman–Crippen LogP) is 1.05. The summed E-state index contributed by atoms with van der Waals surface area (Å²) >= 11 is 3.46. The van der Waals surface area contributed by atoms with Crippen LogP contribution in [0.15, 0.2) is 17.0 Å². The standard InChI is InChI=1S/C13H17BrN4O3/c1-7-2-9(21-13(7,4-19)5-20)18-3-8(14)10-11(15)16-6-17-12(10)18/h3,6-7,9,19-20H,2,4-5H2,1H3,(H2,15,16,17)/t7-,9+/m0/s1. The van der Waals surface area contributed by atoms with Crippen LogP contribution in [-0.4, -0.2) is 43.6 Å². The first-order valence-corrected chi connectivity index (χ1v) is 7.47. The van der Waals surface area contributed by atoms with E-state index in [9.17, 15) is 10.2 Å². The molecule has 114 valence electrons. The molecule has 7 nitrogen and oxygen atoms in total. The molecule has 8 heteroatoms. The fraction of sp³-hybridized carbons (Fsp3) is 0.538. The normalized spacial score (nSPS) is 24.8. The molecule has 3 heterocycles. The number of anilines is 1. The summed E-state index contributed by atoms with van der Waals surface area (Å²) in [5.41, 5.74) is 5.63. The predicted molar refractivity (Wildman–Crippen MR) is 80.4 cm³/mol. The minimum atomic E-state index is -0.924. The number of fused-ring (bicyclic) bond motifs is 1. The van der Waals surface area contributed by atoms with E-state index in [-0.39, 0.29) is 25.4 Å². The summed E-state index contributed by atoms with van der Waals surface area (Å²) in [6.07, 6.45) is 3.60. The van der Waals surface area contributed by atoms with Crippen LogP contribution in [0, 0.1) is 5.92 Å². The number of nitrogens with zero attached hydrogens (tertiary/aromatic N) is 3. The van der Waals surface area contributed by atoms with Crippen molar-refractivity contribution in [1.29, 1.82) is 0 Å². The first-order valence-electron chi connectivity index (χ1n) is 6.68. The zero-order chi connectivity index (χ0) is 15.2. The first-order chi connectivity index (χ1) is 10.0. The third-order valence-corrected chi connectivity index (χ3v) is 4.86. The van der Waals surface area contributed by atoms with Crippen molar-refractivity contribution in [2.75, 3.05) is 18.9 Å². The largest absolute Gasteiger partial charge is 0.393 e. The molecule has 0 unspecified atom stereocenters. The van der Waals surface area contributed by atoms with Crippen LogP contribution >= 0.6 is 15.9 Å². The van der Waals surface area contributed by atoms with E-state index >= 15 is 0 Å². The highest BCUT2D eigenvalue weighted by Crippen LogP contribution is 2.43. The topological polar surface area (TPSA) is 106 Å². The van der Waals surface area contributed by atoms with Gasteiger partial charge in [0.1, 0.15) is 29.6 Å². The van der Waals surface area contributed by atoms with Crippen molar-refractivity contribution in [3.05, 3.63) is 17.0 Å². The second-order valence-corrected chi connectivity index (χ2v) is 6.29. The number of ether oxygens (including phenoxy) is 1. The van der Waals surface area contributed by atoms with Crippen LogP contribution in [0.25, 0.3) is 11.0 Å². The maximum Gasteiger partial charge on any atom is 0.148 e. The van der Waals surface area contributed by atoms with Crippen LogP contribution < -0.4 is 5.73 Å². The lowest BCUT2D eigenvalue weighted by Crippen LogP contribution is -2.42. The second kappa shape index (κ2) is 5.20. The quantitative estimate of drug-likeness (QED) is 0.758. The Hall–Kier alpha value is -1.22. The summed E-state index contributed by atoms with van der Waals surface area (Å²) in [5.74, 6) is 0.417. The van der Waals surface area contributed by atoms with E-state index < -0.39 is 5.60 Å². The van der Waals surface area contributed by atoms with Crippen molar-refractivity contribution < 1.29 is 14.9 Å². The fourth-order valence-corrected chi connectivity index (χ4v) is 3.44. The van der Waals surface area contributed by atoms with E-state index in [1.54, 1.807) is 0 Å². The monoisotopic (exact) mass is 356 g/mol.